The van der Waals surface area contributed by atoms with Crippen LogP contribution in [0.5, 0.6) is 5.75 Å². The molecule has 0 spiro atoms. The summed E-state index contributed by atoms with van der Waals surface area (Å²) in [5.74, 6) is 0.703. The average Bonchev–Trinajstić information content (AvgIpc) is 3.14. The summed E-state index contributed by atoms with van der Waals surface area (Å²) in [5.41, 5.74) is 2.43. The second-order valence-corrected chi connectivity index (χ2v) is 7.35. The zero-order valence-corrected chi connectivity index (χ0v) is 15.1. The molecule has 0 unspecified atom stereocenters. The lowest BCUT2D eigenvalue weighted by molar-refractivity contribution is -0.123. The van der Waals surface area contributed by atoms with Gasteiger partial charge >= 0.3 is 0 Å². The van der Waals surface area contributed by atoms with E-state index in [1.54, 1.807) is 0 Å². The van der Waals surface area contributed by atoms with Gasteiger partial charge in [-0.1, -0.05) is 69.2 Å². The molecule has 0 atom stereocenters. The molecule has 2 aromatic carbocycles. The van der Waals surface area contributed by atoms with E-state index >= 15 is 0 Å². The summed E-state index contributed by atoms with van der Waals surface area (Å²) in [6.07, 6.45) is 4.61. The molecule has 1 aliphatic rings. The fourth-order valence-electron chi connectivity index (χ4n) is 3.48. The van der Waals surface area contributed by atoms with Crippen LogP contribution in [0.4, 0.5) is 0 Å². The minimum atomic E-state index is -0.0698. The van der Waals surface area contributed by atoms with Crippen LogP contribution < -0.4 is 10.1 Å². The van der Waals surface area contributed by atoms with E-state index in [1.807, 2.05) is 18.2 Å². The van der Waals surface area contributed by atoms with Crippen molar-refractivity contribution in [1.82, 2.24) is 5.32 Å². The van der Waals surface area contributed by atoms with Gasteiger partial charge in [-0.15, -0.1) is 0 Å². The van der Waals surface area contributed by atoms with Crippen LogP contribution in [0.2, 0.25) is 0 Å². The van der Waals surface area contributed by atoms with Crippen LogP contribution in [0.1, 0.15) is 50.7 Å². The molecule has 25 heavy (non-hydrogen) atoms. The second-order valence-electron chi connectivity index (χ2n) is 7.35. The Hall–Kier alpha value is -2.29. The van der Waals surface area contributed by atoms with E-state index in [-0.39, 0.29) is 17.9 Å². The molecular formula is C22H27NO2. The molecule has 1 saturated carbocycles. The molecule has 3 heteroatoms. The Kier molecular flexibility index (Phi) is 5.42. The van der Waals surface area contributed by atoms with Crippen molar-refractivity contribution in [1.29, 1.82) is 0 Å². The zero-order valence-electron chi connectivity index (χ0n) is 15.1. The lowest BCUT2D eigenvalue weighted by Crippen LogP contribution is -2.36. The standard InChI is InChI=1S/C22H27NO2/c1-22(2,17-8-4-3-5-9-17)18-12-14-20(15-13-18)25-16-21(24)23-19-10-6-7-11-19/h3-5,8-9,12-15,19H,6-7,10-11,16H2,1-2H3,(H,23,24). The van der Waals surface area contributed by atoms with Crippen molar-refractivity contribution >= 4 is 5.91 Å². The van der Waals surface area contributed by atoms with Crippen LogP contribution >= 0.6 is 0 Å². The van der Waals surface area contributed by atoms with Crippen LogP contribution in [-0.4, -0.2) is 18.6 Å². The maximum Gasteiger partial charge on any atom is 0.258 e. The summed E-state index contributed by atoms with van der Waals surface area (Å²) in [5, 5.41) is 3.04. The highest BCUT2D eigenvalue weighted by Gasteiger charge is 2.22. The van der Waals surface area contributed by atoms with Crippen molar-refractivity contribution in [2.24, 2.45) is 0 Å². The summed E-state index contributed by atoms with van der Waals surface area (Å²) in [7, 11) is 0. The highest BCUT2D eigenvalue weighted by atomic mass is 16.5. The van der Waals surface area contributed by atoms with Gasteiger partial charge in [0, 0.05) is 11.5 Å². The number of carbonyl (C=O) groups is 1. The quantitative estimate of drug-likeness (QED) is 0.846. The first kappa shape index (κ1) is 17.5. The number of rotatable bonds is 6. The largest absolute Gasteiger partial charge is 0.484 e. The molecule has 1 aliphatic carbocycles. The molecule has 1 fully saturated rings. The number of ether oxygens (including phenoxy) is 1. The minimum Gasteiger partial charge on any atom is -0.484 e. The van der Waals surface area contributed by atoms with E-state index in [0.29, 0.717) is 6.04 Å². The fourth-order valence-corrected chi connectivity index (χ4v) is 3.48. The topological polar surface area (TPSA) is 38.3 Å². The van der Waals surface area contributed by atoms with E-state index in [9.17, 15) is 4.79 Å². The van der Waals surface area contributed by atoms with Crippen LogP contribution in [0, 0.1) is 0 Å². The van der Waals surface area contributed by atoms with E-state index < -0.39 is 0 Å². The molecule has 0 heterocycles. The fraction of sp³-hybridized carbons (Fsp3) is 0.409. The Bertz CT molecular complexity index is 686. The number of amides is 1. The molecule has 3 rings (SSSR count). The monoisotopic (exact) mass is 337 g/mol. The predicted octanol–water partition coefficient (Wildman–Crippen LogP) is 4.45. The van der Waals surface area contributed by atoms with E-state index in [4.69, 9.17) is 4.74 Å². The highest BCUT2D eigenvalue weighted by Crippen LogP contribution is 2.32. The van der Waals surface area contributed by atoms with Crippen molar-refractivity contribution in [3.63, 3.8) is 0 Å². The lowest BCUT2D eigenvalue weighted by atomic mass is 9.78. The van der Waals surface area contributed by atoms with Gasteiger partial charge in [0.15, 0.2) is 6.61 Å². The van der Waals surface area contributed by atoms with Gasteiger partial charge in [-0.05, 0) is 36.1 Å². The minimum absolute atomic E-state index is 0.0272. The van der Waals surface area contributed by atoms with Crippen molar-refractivity contribution in [2.75, 3.05) is 6.61 Å². The number of hydrogen-bond acceptors (Lipinski definition) is 2. The van der Waals surface area contributed by atoms with Crippen LogP contribution in [-0.2, 0) is 10.2 Å². The van der Waals surface area contributed by atoms with Gasteiger partial charge < -0.3 is 10.1 Å². The first-order chi connectivity index (χ1) is 12.1. The van der Waals surface area contributed by atoms with Crippen molar-refractivity contribution in [3.8, 4) is 5.75 Å². The van der Waals surface area contributed by atoms with Gasteiger partial charge in [-0.2, -0.15) is 0 Å². The van der Waals surface area contributed by atoms with E-state index in [1.165, 1.54) is 24.0 Å². The summed E-state index contributed by atoms with van der Waals surface area (Å²) >= 11 is 0. The van der Waals surface area contributed by atoms with Crippen LogP contribution in [0.3, 0.4) is 0 Å². The Morgan fingerprint density at radius 2 is 1.60 bits per heavy atom. The van der Waals surface area contributed by atoms with Crippen molar-refractivity contribution in [3.05, 3.63) is 65.7 Å². The molecule has 0 radical (unpaired) electrons. The summed E-state index contributed by atoms with van der Waals surface area (Å²) in [4.78, 5) is 11.9. The molecule has 1 amide bonds. The molecule has 0 bridgehead atoms. The van der Waals surface area contributed by atoms with Crippen molar-refractivity contribution < 1.29 is 9.53 Å². The molecular weight excluding hydrogens is 310 g/mol. The molecule has 0 aromatic heterocycles. The highest BCUT2D eigenvalue weighted by molar-refractivity contribution is 5.77. The molecule has 0 aliphatic heterocycles. The maximum absolute atomic E-state index is 11.9. The average molecular weight is 337 g/mol. The third-order valence-electron chi connectivity index (χ3n) is 5.16. The van der Waals surface area contributed by atoms with E-state index in [0.717, 1.165) is 18.6 Å². The number of carbonyl (C=O) groups excluding carboxylic acids is 1. The summed E-state index contributed by atoms with van der Waals surface area (Å²) in [6, 6.07) is 18.9. The lowest BCUT2D eigenvalue weighted by Gasteiger charge is -2.26. The maximum atomic E-state index is 11.9. The smallest absolute Gasteiger partial charge is 0.258 e. The molecule has 3 nitrogen and oxygen atoms in total. The van der Waals surface area contributed by atoms with Gasteiger partial charge in [0.1, 0.15) is 5.75 Å². The van der Waals surface area contributed by atoms with Gasteiger partial charge in [0.25, 0.3) is 5.91 Å². The molecule has 132 valence electrons. The van der Waals surface area contributed by atoms with Gasteiger partial charge in [0.2, 0.25) is 0 Å². The van der Waals surface area contributed by atoms with Gasteiger partial charge in [0.05, 0.1) is 0 Å². The Labute approximate surface area is 150 Å². The molecule has 1 N–H and O–H groups in total. The van der Waals surface area contributed by atoms with Gasteiger partial charge in [-0.3, -0.25) is 4.79 Å². The van der Waals surface area contributed by atoms with Crippen molar-refractivity contribution in [2.45, 2.75) is 51.0 Å². The van der Waals surface area contributed by atoms with Crippen LogP contribution in [0.15, 0.2) is 54.6 Å². The third kappa shape index (κ3) is 4.41. The zero-order chi connectivity index (χ0) is 17.7. The normalized spacial score (nSPS) is 15.1. The second kappa shape index (κ2) is 7.73. The Morgan fingerprint density at radius 3 is 2.24 bits per heavy atom. The predicted molar refractivity (Wildman–Crippen MR) is 101 cm³/mol. The molecule has 0 saturated heterocycles. The number of hydrogen-bond donors (Lipinski definition) is 1. The Balaban J connectivity index is 1.57. The van der Waals surface area contributed by atoms with Crippen LogP contribution in [0.25, 0.3) is 0 Å². The first-order valence-corrected chi connectivity index (χ1v) is 9.14. The molecule has 2 aromatic rings. The first-order valence-electron chi connectivity index (χ1n) is 9.14. The number of benzene rings is 2. The summed E-state index contributed by atoms with van der Waals surface area (Å²) in [6.45, 7) is 4.51. The number of nitrogens with one attached hydrogen (secondary N) is 1. The Morgan fingerprint density at radius 1 is 1.00 bits per heavy atom. The summed E-state index contributed by atoms with van der Waals surface area (Å²) < 4.78 is 5.64. The van der Waals surface area contributed by atoms with Gasteiger partial charge in [-0.25, -0.2) is 0 Å². The third-order valence-corrected chi connectivity index (χ3v) is 5.16. The van der Waals surface area contributed by atoms with E-state index in [2.05, 4.69) is 55.6 Å². The SMILES string of the molecule is CC(C)(c1ccccc1)c1ccc(OCC(=O)NC2CCCC2)cc1.